The maximum absolute atomic E-state index is 11.3. The van der Waals surface area contributed by atoms with Gasteiger partial charge >= 0.3 is 11.9 Å². The Morgan fingerprint density at radius 2 is 1.78 bits per heavy atom. The van der Waals surface area contributed by atoms with E-state index >= 15 is 0 Å². The number of rotatable bonds is 3. The molecule has 0 aliphatic carbocycles. The lowest BCUT2D eigenvalue weighted by molar-refractivity contribution is -0.144. The van der Waals surface area contributed by atoms with Gasteiger partial charge in [0.05, 0.1) is 5.92 Å². The van der Waals surface area contributed by atoms with E-state index < -0.39 is 23.9 Å². The lowest BCUT2D eigenvalue weighted by Gasteiger charge is -2.37. The van der Waals surface area contributed by atoms with Crippen LogP contribution in [0.15, 0.2) is 30.3 Å². The van der Waals surface area contributed by atoms with Gasteiger partial charge in [0.2, 0.25) is 0 Å². The molecule has 18 heavy (non-hydrogen) atoms. The van der Waals surface area contributed by atoms with Gasteiger partial charge < -0.3 is 15.1 Å². The number of para-hydroxylation sites is 1. The fraction of sp³-hybridized carbons (Fsp3) is 0.385. The Bertz CT molecular complexity index is 446. The average molecular weight is 249 g/mol. The molecule has 0 bridgehead atoms. The van der Waals surface area contributed by atoms with E-state index in [1.54, 1.807) is 4.90 Å². The smallest absolute Gasteiger partial charge is 0.326 e. The van der Waals surface area contributed by atoms with Crippen LogP contribution >= 0.6 is 0 Å². The molecule has 0 saturated carbocycles. The Morgan fingerprint density at radius 3 is 2.33 bits per heavy atom. The van der Waals surface area contributed by atoms with Gasteiger partial charge in [0.1, 0.15) is 6.04 Å². The van der Waals surface area contributed by atoms with E-state index in [0.29, 0.717) is 13.0 Å². The van der Waals surface area contributed by atoms with Crippen molar-refractivity contribution in [2.45, 2.75) is 18.9 Å². The molecule has 2 rings (SSSR count). The summed E-state index contributed by atoms with van der Waals surface area (Å²) >= 11 is 0. The molecule has 2 unspecified atom stereocenters. The van der Waals surface area contributed by atoms with E-state index in [1.807, 2.05) is 30.3 Å². The predicted octanol–water partition coefficient (Wildman–Crippen LogP) is 1.44. The SMILES string of the molecule is O=C(O)C1CCN(c2ccccc2)C(C(=O)O)C1. The largest absolute Gasteiger partial charge is 0.481 e. The van der Waals surface area contributed by atoms with E-state index in [9.17, 15) is 14.7 Å². The van der Waals surface area contributed by atoms with Crippen molar-refractivity contribution in [3.8, 4) is 0 Å². The van der Waals surface area contributed by atoms with Crippen LogP contribution in [0.1, 0.15) is 12.8 Å². The molecular weight excluding hydrogens is 234 g/mol. The highest BCUT2D eigenvalue weighted by Gasteiger charge is 2.36. The van der Waals surface area contributed by atoms with E-state index in [2.05, 4.69) is 0 Å². The highest BCUT2D eigenvalue weighted by Crippen LogP contribution is 2.28. The van der Waals surface area contributed by atoms with Crippen molar-refractivity contribution >= 4 is 17.6 Å². The van der Waals surface area contributed by atoms with Crippen LogP contribution in [-0.2, 0) is 9.59 Å². The maximum atomic E-state index is 11.3. The molecule has 2 N–H and O–H groups in total. The van der Waals surface area contributed by atoms with Gasteiger partial charge in [-0.2, -0.15) is 0 Å². The summed E-state index contributed by atoms with van der Waals surface area (Å²) in [6.07, 6.45) is 0.633. The molecule has 0 amide bonds. The first-order valence-corrected chi connectivity index (χ1v) is 5.87. The van der Waals surface area contributed by atoms with Crippen LogP contribution in [0.3, 0.4) is 0 Å². The molecule has 0 aromatic heterocycles. The van der Waals surface area contributed by atoms with E-state index in [4.69, 9.17) is 5.11 Å². The molecular formula is C13H15NO4. The van der Waals surface area contributed by atoms with E-state index in [0.717, 1.165) is 5.69 Å². The van der Waals surface area contributed by atoms with Crippen molar-refractivity contribution in [3.05, 3.63) is 30.3 Å². The third-order valence-electron chi connectivity index (χ3n) is 3.32. The lowest BCUT2D eigenvalue weighted by Crippen LogP contribution is -2.48. The number of hydrogen-bond acceptors (Lipinski definition) is 3. The first kappa shape index (κ1) is 12.4. The molecule has 1 aromatic rings. The third kappa shape index (κ3) is 2.45. The van der Waals surface area contributed by atoms with Crippen molar-refractivity contribution < 1.29 is 19.8 Å². The minimum absolute atomic E-state index is 0.152. The zero-order valence-electron chi connectivity index (χ0n) is 9.82. The van der Waals surface area contributed by atoms with Gasteiger partial charge in [0.25, 0.3) is 0 Å². The molecule has 1 aliphatic heterocycles. The van der Waals surface area contributed by atoms with Crippen LogP contribution in [0.5, 0.6) is 0 Å². The predicted molar refractivity (Wildman–Crippen MR) is 65.6 cm³/mol. The third-order valence-corrected chi connectivity index (χ3v) is 3.32. The Kier molecular flexibility index (Phi) is 3.50. The summed E-state index contributed by atoms with van der Waals surface area (Å²) in [5, 5.41) is 18.2. The highest BCUT2D eigenvalue weighted by atomic mass is 16.4. The summed E-state index contributed by atoms with van der Waals surface area (Å²) in [7, 11) is 0. The molecule has 1 heterocycles. The second-order valence-corrected chi connectivity index (χ2v) is 4.44. The second-order valence-electron chi connectivity index (χ2n) is 4.44. The van der Waals surface area contributed by atoms with Crippen molar-refractivity contribution in [1.29, 1.82) is 0 Å². The minimum atomic E-state index is -0.968. The fourth-order valence-corrected chi connectivity index (χ4v) is 2.35. The summed E-state index contributed by atoms with van der Waals surface area (Å²) in [5.74, 6) is -2.44. The normalized spacial score (nSPS) is 23.7. The summed E-state index contributed by atoms with van der Waals surface area (Å²) in [6, 6.07) is 8.48. The molecule has 0 radical (unpaired) electrons. The molecule has 0 spiro atoms. The zero-order chi connectivity index (χ0) is 13.1. The average Bonchev–Trinajstić information content (AvgIpc) is 2.39. The summed E-state index contributed by atoms with van der Waals surface area (Å²) < 4.78 is 0. The Balaban J connectivity index is 2.21. The monoisotopic (exact) mass is 249 g/mol. The number of benzene rings is 1. The summed E-state index contributed by atoms with van der Waals surface area (Å²) in [6.45, 7) is 0.456. The Hall–Kier alpha value is -2.04. The summed E-state index contributed by atoms with van der Waals surface area (Å²) in [4.78, 5) is 24.0. The molecule has 5 nitrogen and oxygen atoms in total. The maximum Gasteiger partial charge on any atom is 0.326 e. The van der Waals surface area contributed by atoms with Gasteiger partial charge in [-0.05, 0) is 25.0 Å². The van der Waals surface area contributed by atoms with Crippen molar-refractivity contribution in [3.63, 3.8) is 0 Å². The molecule has 1 aromatic carbocycles. The fourth-order valence-electron chi connectivity index (χ4n) is 2.35. The van der Waals surface area contributed by atoms with Crippen LogP contribution in [-0.4, -0.2) is 34.7 Å². The Labute approximate surface area is 105 Å². The molecule has 1 fully saturated rings. The summed E-state index contributed by atoms with van der Waals surface area (Å²) in [5.41, 5.74) is 0.828. The topological polar surface area (TPSA) is 77.8 Å². The lowest BCUT2D eigenvalue weighted by atomic mass is 9.90. The van der Waals surface area contributed by atoms with Crippen LogP contribution in [0.25, 0.3) is 0 Å². The first-order valence-electron chi connectivity index (χ1n) is 5.87. The number of carbonyl (C=O) groups is 2. The van der Waals surface area contributed by atoms with Gasteiger partial charge in [0.15, 0.2) is 0 Å². The number of piperidine rings is 1. The van der Waals surface area contributed by atoms with Crippen LogP contribution in [0.4, 0.5) is 5.69 Å². The van der Waals surface area contributed by atoms with Gasteiger partial charge in [-0.1, -0.05) is 18.2 Å². The van der Waals surface area contributed by atoms with E-state index in [1.165, 1.54) is 0 Å². The highest BCUT2D eigenvalue weighted by molar-refractivity contribution is 5.80. The van der Waals surface area contributed by atoms with Gasteiger partial charge in [0, 0.05) is 12.2 Å². The molecule has 2 atom stereocenters. The van der Waals surface area contributed by atoms with Crippen LogP contribution < -0.4 is 4.90 Å². The van der Waals surface area contributed by atoms with Crippen molar-refractivity contribution in [2.75, 3.05) is 11.4 Å². The Morgan fingerprint density at radius 1 is 1.11 bits per heavy atom. The van der Waals surface area contributed by atoms with Crippen LogP contribution in [0, 0.1) is 5.92 Å². The van der Waals surface area contributed by atoms with Gasteiger partial charge in [-0.3, -0.25) is 4.79 Å². The number of aliphatic carboxylic acids is 2. The number of carboxylic acid groups (broad SMARTS) is 2. The molecule has 96 valence electrons. The first-order chi connectivity index (χ1) is 8.59. The quantitative estimate of drug-likeness (QED) is 0.847. The van der Waals surface area contributed by atoms with Crippen molar-refractivity contribution in [2.24, 2.45) is 5.92 Å². The second kappa shape index (κ2) is 5.08. The van der Waals surface area contributed by atoms with Crippen molar-refractivity contribution in [1.82, 2.24) is 0 Å². The number of anilines is 1. The number of carboxylic acids is 2. The standard InChI is InChI=1S/C13H15NO4/c15-12(16)9-6-7-14(11(8-9)13(17)18)10-4-2-1-3-5-10/h1-5,9,11H,6-8H2,(H,15,16)(H,17,18). The molecule has 5 heteroatoms. The number of nitrogens with zero attached hydrogens (tertiary/aromatic N) is 1. The van der Waals surface area contributed by atoms with Gasteiger partial charge in [-0.25, -0.2) is 4.79 Å². The van der Waals surface area contributed by atoms with Gasteiger partial charge in [-0.15, -0.1) is 0 Å². The minimum Gasteiger partial charge on any atom is -0.481 e. The molecule has 1 saturated heterocycles. The number of hydrogen-bond donors (Lipinski definition) is 2. The van der Waals surface area contributed by atoms with Crippen LogP contribution in [0.2, 0.25) is 0 Å². The zero-order valence-corrected chi connectivity index (χ0v) is 9.82. The molecule has 1 aliphatic rings. The van der Waals surface area contributed by atoms with E-state index in [-0.39, 0.29) is 6.42 Å².